The highest BCUT2D eigenvalue weighted by Crippen LogP contribution is 2.31. The minimum atomic E-state index is 0.645. The van der Waals surface area contributed by atoms with E-state index in [0.29, 0.717) is 6.54 Å². The second-order valence-electron chi connectivity index (χ2n) is 3.23. The molecule has 0 heterocycles. The second-order valence-corrected chi connectivity index (χ2v) is 3.23. The Labute approximate surface area is 74.7 Å². The molecule has 0 aromatic heterocycles. The molecule has 0 atom stereocenters. The molecule has 1 fully saturated rings. The first kappa shape index (κ1) is 9.57. The summed E-state index contributed by atoms with van der Waals surface area (Å²) in [5.74, 6) is 3.50. The van der Waals surface area contributed by atoms with Crippen LogP contribution in [0.15, 0.2) is 0 Å². The molecule has 0 aliphatic heterocycles. The van der Waals surface area contributed by atoms with Gasteiger partial charge in [-0.1, -0.05) is 18.8 Å². The topological polar surface area (TPSA) is 21.3 Å². The van der Waals surface area contributed by atoms with Crippen molar-refractivity contribution in [3.05, 3.63) is 0 Å². The molecule has 0 aromatic rings. The molecule has 0 saturated heterocycles. The standard InChI is InChI=1S/C10H17NO/c1-2-6-11-7-9-12-8-5-10-3-4-10/h1,10-11H,3-9H2. The fourth-order valence-corrected chi connectivity index (χ4v) is 1.06. The summed E-state index contributed by atoms with van der Waals surface area (Å²) in [4.78, 5) is 0. The number of ether oxygens (including phenoxy) is 1. The van der Waals surface area contributed by atoms with Gasteiger partial charge >= 0.3 is 0 Å². The van der Waals surface area contributed by atoms with Crippen LogP contribution in [0.2, 0.25) is 0 Å². The van der Waals surface area contributed by atoms with E-state index in [9.17, 15) is 0 Å². The van der Waals surface area contributed by atoms with Crippen LogP contribution in [-0.4, -0.2) is 26.3 Å². The van der Waals surface area contributed by atoms with Crippen molar-refractivity contribution >= 4 is 0 Å². The van der Waals surface area contributed by atoms with Crippen molar-refractivity contribution in [1.82, 2.24) is 5.32 Å². The van der Waals surface area contributed by atoms with Crippen LogP contribution < -0.4 is 5.32 Å². The molecule has 1 N–H and O–H groups in total. The SMILES string of the molecule is C#CCNCCOCCC1CC1. The molecule has 1 saturated carbocycles. The van der Waals surface area contributed by atoms with Crippen LogP contribution in [0.5, 0.6) is 0 Å². The van der Waals surface area contributed by atoms with E-state index in [1.165, 1.54) is 19.3 Å². The molecule has 0 bridgehead atoms. The first-order chi connectivity index (χ1) is 5.93. The Morgan fingerprint density at radius 1 is 1.42 bits per heavy atom. The predicted octanol–water partition coefficient (Wildman–Crippen LogP) is 1.03. The summed E-state index contributed by atoms with van der Waals surface area (Å²) in [5.41, 5.74) is 0. The van der Waals surface area contributed by atoms with Gasteiger partial charge in [-0.05, 0) is 12.3 Å². The Kier molecular flexibility index (Phi) is 4.82. The van der Waals surface area contributed by atoms with Gasteiger partial charge in [0.05, 0.1) is 13.2 Å². The quantitative estimate of drug-likeness (QED) is 0.451. The Balaban J connectivity index is 1.68. The molecule has 0 radical (unpaired) electrons. The van der Waals surface area contributed by atoms with Crippen LogP contribution in [0.1, 0.15) is 19.3 Å². The first-order valence-electron chi connectivity index (χ1n) is 4.65. The Morgan fingerprint density at radius 3 is 2.92 bits per heavy atom. The van der Waals surface area contributed by atoms with E-state index in [1.807, 2.05) is 0 Å². The van der Waals surface area contributed by atoms with Gasteiger partial charge in [-0.15, -0.1) is 6.42 Å². The van der Waals surface area contributed by atoms with E-state index in [2.05, 4.69) is 11.2 Å². The third-order valence-electron chi connectivity index (χ3n) is 2.02. The molecule has 2 nitrogen and oxygen atoms in total. The second kappa shape index (κ2) is 6.05. The first-order valence-corrected chi connectivity index (χ1v) is 4.65. The number of nitrogens with one attached hydrogen (secondary N) is 1. The lowest BCUT2D eigenvalue weighted by Crippen LogP contribution is -2.20. The fourth-order valence-electron chi connectivity index (χ4n) is 1.06. The molecular formula is C10H17NO. The van der Waals surface area contributed by atoms with Gasteiger partial charge in [-0.25, -0.2) is 0 Å². The Bertz CT molecular complexity index is 146. The van der Waals surface area contributed by atoms with Gasteiger partial charge in [0.2, 0.25) is 0 Å². The van der Waals surface area contributed by atoms with Crippen molar-refractivity contribution in [1.29, 1.82) is 0 Å². The van der Waals surface area contributed by atoms with Gasteiger partial charge in [-0.2, -0.15) is 0 Å². The van der Waals surface area contributed by atoms with Gasteiger partial charge in [0.15, 0.2) is 0 Å². The van der Waals surface area contributed by atoms with E-state index in [-0.39, 0.29) is 0 Å². The maximum absolute atomic E-state index is 5.40. The lowest BCUT2D eigenvalue weighted by molar-refractivity contribution is 0.130. The zero-order chi connectivity index (χ0) is 8.65. The molecule has 0 aromatic carbocycles. The Morgan fingerprint density at radius 2 is 2.25 bits per heavy atom. The van der Waals surface area contributed by atoms with Gasteiger partial charge in [0, 0.05) is 13.2 Å². The zero-order valence-corrected chi connectivity index (χ0v) is 7.51. The van der Waals surface area contributed by atoms with Crippen LogP contribution in [0.4, 0.5) is 0 Å². The lowest BCUT2D eigenvalue weighted by Gasteiger charge is -2.02. The van der Waals surface area contributed by atoms with Crippen molar-refractivity contribution < 1.29 is 4.74 Å². The highest BCUT2D eigenvalue weighted by Gasteiger charge is 2.20. The summed E-state index contributed by atoms with van der Waals surface area (Å²) in [6.45, 7) is 3.22. The summed E-state index contributed by atoms with van der Waals surface area (Å²) >= 11 is 0. The number of rotatable bonds is 7. The van der Waals surface area contributed by atoms with E-state index >= 15 is 0 Å². The van der Waals surface area contributed by atoms with Gasteiger partial charge in [0.1, 0.15) is 0 Å². The van der Waals surface area contributed by atoms with Gasteiger partial charge in [0.25, 0.3) is 0 Å². The van der Waals surface area contributed by atoms with Gasteiger partial charge < -0.3 is 10.1 Å². The van der Waals surface area contributed by atoms with E-state index in [1.54, 1.807) is 0 Å². The summed E-state index contributed by atoms with van der Waals surface area (Å²) < 4.78 is 5.40. The van der Waals surface area contributed by atoms with Crippen molar-refractivity contribution in [2.24, 2.45) is 5.92 Å². The number of terminal acetylenes is 1. The van der Waals surface area contributed by atoms with Gasteiger partial charge in [-0.3, -0.25) is 0 Å². The van der Waals surface area contributed by atoms with E-state index < -0.39 is 0 Å². The fraction of sp³-hybridized carbons (Fsp3) is 0.800. The average molecular weight is 167 g/mol. The van der Waals surface area contributed by atoms with Crippen molar-refractivity contribution in [3.8, 4) is 12.3 Å². The molecule has 2 heteroatoms. The van der Waals surface area contributed by atoms with E-state index in [0.717, 1.165) is 25.7 Å². The van der Waals surface area contributed by atoms with E-state index in [4.69, 9.17) is 11.2 Å². The highest BCUT2D eigenvalue weighted by atomic mass is 16.5. The van der Waals surface area contributed by atoms with Crippen molar-refractivity contribution in [3.63, 3.8) is 0 Å². The lowest BCUT2D eigenvalue weighted by atomic mass is 10.3. The average Bonchev–Trinajstić information content (AvgIpc) is 2.87. The third kappa shape index (κ3) is 5.17. The summed E-state index contributed by atoms with van der Waals surface area (Å²) in [6.07, 6.45) is 9.14. The molecule has 1 aliphatic rings. The maximum Gasteiger partial charge on any atom is 0.0591 e. The monoisotopic (exact) mass is 167 g/mol. The van der Waals surface area contributed by atoms with Crippen LogP contribution in [0.25, 0.3) is 0 Å². The molecule has 68 valence electrons. The minimum Gasteiger partial charge on any atom is -0.380 e. The molecule has 12 heavy (non-hydrogen) atoms. The Hall–Kier alpha value is -0.520. The largest absolute Gasteiger partial charge is 0.380 e. The van der Waals surface area contributed by atoms with Crippen LogP contribution >= 0.6 is 0 Å². The van der Waals surface area contributed by atoms with Crippen molar-refractivity contribution in [2.45, 2.75) is 19.3 Å². The number of hydrogen-bond donors (Lipinski definition) is 1. The molecule has 0 spiro atoms. The normalized spacial score (nSPS) is 15.9. The van der Waals surface area contributed by atoms with Crippen LogP contribution in [-0.2, 0) is 4.74 Å². The molecule has 0 unspecified atom stereocenters. The van der Waals surface area contributed by atoms with Crippen molar-refractivity contribution in [2.75, 3.05) is 26.3 Å². The highest BCUT2D eigenvalue weighted by molar-refractivity contribution is 4.86. The van der Waals surface area contributed by atoms with Crippen LogP contribution in [0.3, 0.4) is 0 Å². The van der Waals surface area contributed by atoms with Crippen LogP contribution in [0, 0.1) is 18.3 Å². The number of hydrogen-bond acceptors (Lipinski definition) is 2. The minimum absolute atomic E-state index is 0.645. The summed E-state index contributed by atoms with van der Waals surface area (Å²) in [5, 5.41) is 3.08. The predicted molar refractivity (Wildman–Crippen MR) is 49.9 cm³/mol. The third-order valence-corrected chi connectivity index (χ3v) is 2.02. The zero-order valence-electron chi connectivity index (χ0n) is 7.51. The molecule has 0 amide bonds. The molecular weight excluding hydrogens is 150 g/mol. The smallest absolute Gasteiger partial charge is 0.0591 e. The molecule has 1 rings (SSSR count). The summed E-state index contributed by atoms with van der Waals surface area (Å²) in [6, 6.07) is 0. The molecule has 1 aliphatic carbocycles. The maximum atomic E-state index is 5.40. The summed E-state index contributed by atoms with van der Waals surface area (Å²) in [7, 11) is 0.